The van der Waals surface area contributed by atoms with Crippen LogP contribution in [0.4, 0.5) is 0 Å². The summed E-state index contributed by atoms with van der Waals surface area (Å²) in [5.41, 5.74) is 1.77. The molecule has 6 heteroatoms. The van der Waals surface area contributed by atoms with E-state index < -0.39 is 11.9 Å². The fraction of sp³-hybridized carbons (Fsp3) is 0.500. The third-order valence-electron chi connectivity index (χ3n) is 5.84. The number of hydrogen-bond donors (Lipinski definition) is 0. The maximum Gasteiger partial charge on any atom is 0.321 e. The summed E-state index contributed by atoms with van der Waals surface area (Å²) in [5, 5.41) is 0.360. The average Bonchev–Trinajstić information content (AvgIpc) is 2.84. The van der Waals surface area contributed by atoms with Gasteiger partial charge in [-0.05, 0) is 30.5 Å². The number of carbonyl (C=O) groups is 2. The lowest BCUT2D eigenvalue weighted by Crippen LogP contribution is -2.25. The van der Waals surface area contributed by atoms with E-state index in [1.165, 1.54) is 44.9 Å². The van der Waals surface area contributed by atoms with Crippen molar-refractivity contribution >= 4 is 32.5 Å². The van der Waals surface area contributed by atoms with Gasteiger partial charge in [-0.3, -0.25) is 9.59 Å². The second-order valence-electron chi connectivity index (χ2n) is 8.49. The molecule has 34 heavy (non-hydrogen) atoms. The average molecular weight is 507 g/mol. The number of hydrogen-bond acceptors (Lipinski definition) is 4. The quantitative estimate of drug-likeness (QED) is 0.0806. The third kappa shape index (κ3) is 10.6. The number of Topliss-reactive ketones (excluding diaryl/α,β-unsaturated/α-hetero) is 1. The minimum Gasteiger partial charge on any atom is -0.465 e. The number of esters is 1. The van der Waals surface area contributed by atoms with E-state index in [1.807, 2.05) is 31.2 Å². The standard InChI is InChI=1S/C28H37ClO3.H3OP/c1-3-4-5-6-7-8-9-10-11-15-21-32-28(31)26(23-18-13-12-14-19-23)27(30)25-22(2)17-16-20-24(25)29;1-2/h12-14,16-20,26H,3-11,15,21H2,1-2H3;2H3. The molecule has 2 aromatic carbocycles. The zero-order valence-corrected chi connectivity index (χ0v) is 22.9. The van der Waals surface area contributed by atoms with Crippen molar-refractivity contribution in [1.29, 1.82) is 0 Å². The van der Waals surface area contributed by atoms with Crippen LogP contribution in [0.1, 0.15) is 98.5 Å². The summed E-state index contributed by atoms with van der Waals surface area (Å²) in [6, 6.07) is 14.4. The predicted octanol–water partition coefficient (Wildman–Crippen LogP) is 8.02. The van der Waals surface area contributed by atoms with Gasteiger partial charge < -0.3 is 9.30 Å². The monoisotopic (exact) mass is 506 g/mol. The van der Waals surface area contributed by atoms with Crippen LogP contribution in [0, 0.1) is 6.92 Å². The Hall–Kier alpha value is -1.90. The Balaban J connectivity index is 0.00000281. The molecule has 2 atom stereocenters. The first kappa shape index (κ1) is 30.1. The molecule has 0 aliphatic heterocycles. The number of unbranched alkanes of at least 4 members (excludes halogenated alkanes) is 9. The van der Waals surface area contributed by atoms with Crippen LogP contribution in [-0.4, -0.2) is 18.4 Å². The molecule has 2 aromatic rings. The molecule has 0 saturated carbocycles. The van der Waals surface area contributed by atoms with Crippen molar-refractivity contribution < 1.29 is 18.9 Å². The van der Waals surface area contributed by atoms with E-state index in [1.54, 1.807) is 24.3 Å². The minimum atomic E-state index is -1.00. The summed E-state index contributed by atoms with van der Waals surface area (Å²) in [7, 11) is 0.611. The number of ketones is 1. The SMILES string of the molecule is CCCCCCCCCCCCOC(=O)C(C(=O)c1c(C)cccc1Cl)c1ccccc1.O=[PH3]. The van der Waals surface area contributed by atoms with Gasteiger partial charge in [-0.1, -0.05) is 119 Å². The van der Waals surface area contributed by atoms with Crippen LogP contribution in [0.2, 0.25) is 5.02 Å². The molecule has 0 N–H and O–H groups in total. The maximum atomic E-state index is 13.3. The minimum absolute atomic E-state index is 0.313. The highest BCUT2D eigenvalue weighted by molar-refractivity contribution is 7.00. The van der Waals surface area contributed by atoms with Gasteiger partial charge in [-0.15, -0.1) is 0 Å². The van der Waals surface area contributed by atoms with Crippen LogP contribution in [0.5, 0.6) is 0 Å². The van der Waals surface area contributed by atoms with E-state index in [0.717, 1.165) is 24.8 Å². The smallest absolute Gasteiger partial charge is 0.321 e. The van der Waals surface area contributed by atoms with Crippen LogP contribution >= 0.6 is 20.7 Å². The Morgan fingerprint density at radius 3 is 1.94 bits per heavy atom. The number of aryl methyl sites for hydroxylation is 1. The molecular weight excluding hydrogens is 467 g/mol. The topological polar surface area (TPSA) is 60.4 Å². The summed E-state index contributed by atoms with van der Waals surface area (Å²) in [6.45, 7) is 4.41. The summed E-state index contributed by atoms with van der Waals surface area (Å²) in [5.74, 6) is -1.82. The zero-order chi connectivity index (χ0) is 25.2. The van der Waals surface area contributed by atoms with E-state index in [9.17, 15) is 9.59 Å². The molecule has 0 spiro atoms. The number of benzene rings is 2. The third-order valence-corrected chi connectivity index (χ3v) is 6.16. The first-order valence-corrected chi connectivity index (χ1v) is 13.3. The van der Waals surface area contributed by atoms with Crippen LogP contribution < -0.4 is 0 Å². The molecular formula is C28H40ClO4P. The summed E-state index contributed by atoms with van der Waals surface area (Å²) < 4.78 is 13.8. The molecule has 2 rings (SSSR count). The van der Waals surface area contributed by atoms with E-state index in [4.69, 9.17) is 20.9 Å². The molecule has 0 bridgehead atoms. The lowest BCUT2D eigenvalue weighted by atomic mass is 9.89. The number of rotatable bonds is 15. The van der Waals surface area contributed by atoms with Crippen molar-refractivity contribution in [2.24, 2.45) is 0 Å². The largest absolute Gasteiger partial charge is 0.465 e. The second kappa shape index (κ2) is 18.4. The van der Waals surface area contributed by atoms with Gasteiger partial charge in [0.2, 0.25) is 0 Å². The Labute approximate surface area is 212 Å². The van der Waals surface area contributed by atoms with Gasteiger partial charge in [-0.25, -0.2) is 0 Å². The molecule has 0 radical (unpaired) electrons. The van der Waals surface area contributed by atoms with E-state index >= 15 is 0 Å². The zero-order valence-electron chi connectivity index (χ0n) is 20.7. The molecule has 0 aliphatic rings. The maximum absolute atomic E-state index is 13.3. The molecule has 0 fully saturated rings. The van der Waals surface area contributed by atoms with Crippen molar-refractivity contribution in [2.45, 2.75) is 84.0 Å². The molecule has 0 amide bonds. The van der Waals surface area contributed by atoms with Crippen molar-refractivity contribution in [2.75, 3.05) is 6.61 Å². The van der Waals surface area contributed by atoms with Gasteiger partial charge in [-0.2, -0.15) is 0 Å². The molecule has 4 nitrogen and oxygen atoms in total. The fourth-order valence-electron chi connectivity index (χ4n) is 3.97. The first-order valence-electron chi connectivity index (χ1n) is 12.4. The second-order valence-corrected chi connectivity index (χ2v) is 8.90. The number of halogens is 1. The van der Waals surface area contributed by atoms with Gasteiger partial charge in [0.05, 0.1) is 20.7 Å². The van der Waals surface area contributed by atoms with Gasteiger partial charge >= 0.3 is 5.97 Å². The Kier molecular flexibility index (Phi) is 16.3. The molecule has 0 saturated heterocycles. The summed E-state index contributed by atoms with van der Waals surface area (Å²) in [6.07, 6.45) is 12.2. The van der Waals surface area contributed by atoms with E-state index in [2.05, 4.69) is 6.92 Å². The molecule has 0 aliphatic carbocycles. The molecule has 0 heterocycles. The summed E-state index contributed by atoms with van der Waals surface area (Å²) >= 11 is 6.31. The van der Waals surface area contributed by atoms with Crippen LogP contribution in [0.25, 0.3) is 0 Å². The van der Waals surface area contributed by atoms with Gasteiger partial charge in [0.1, 0.15) is 5.92 Å². The van der Waals surface area contributed by atoms with Crippen molar-refractivity contribution in [3.8, 4) is 0 Å². The fourth-order valence-corrected chi connectivity index (χ4v) is 4.29. The summed E-state index contributed by atoms with van der Waals surface area (Å²) in [4.78, 5) is 26.3. The molecule has 0 aromatic heterocycles. The van der Waals surface area contributed by atoms with Crippen molar-refractivity contribution in [1.82, 2.24) is 0 Å². The van der Waals surface area contributed by atoms with E-state index in [-0.39, 0.29) is 5.78 Å². The lowest BCUT2D eigenvalue weighted by molar-refractivity contribution is -0.144. The highest BCUT2D eigenvalue weighted by Crippen LogP contribution is 2.29. The Morgan fingerprint density at radius 1 is 0.824 bits per heavy atom. The number of ether oxygens (including phenoxy) is 1. The van der Waals surface area contributed by atoms with Crippen LogP contribution in [0.3, 0.4) is 0 Å². The first-order chi connectivity index (χ1) is 16.6. The Bertz CT molecular complexity index is 836. The van der Waals surface area contributed by atoms with Gasteiger partial charge in [0.25, 0.3) is 0 Å². The normalized spacial score (nSPS) is 11.4. The number of carbonyl (C=O) groups excluding carboxylic acids is 2. The van der Waals surface area contributed by atoms with Gasteiger partial charge in [0, 0.05) is 5.56 Å². The molecule has 2 unspecified atom stereocenters. The predicted molar refractivity (Wildman–Crippen MR) is 144 cm³/mol. The molecule has 188 valence electrons. The van der Waals surface area contributed by atoms with Crippen LogP contribution in [-0.2, 0) is 14.1 Å². The van der Waals surface area contributed by atoms with Crippen LogP contribution in [0.15, 0.2) is 48.5 Å². The highest BCUT2D eigenvalue weighted by Gasteiger charge is 2.32. The Morgan fingerprint density at radius 2 is 1.38 bits per heavy atom. The highest BCUT2D eigenvalue weighted by atomic mass is 35.5. The van der Waals surface area contributed by atoms with Gasteiger partial charge in [0.15, 0.2) is 5.78 Å². The lowest BCUT2D eigenvalue weighted by Gasteiger charge is -2.17. The van der Waals surface area contributed by atoms with E-state index in [0.29, 0.717) is 31.9 Å². The van der Waals surface area contributed by atoms with Crippen molar-refractivity contribution in [3.63, 3.8) is 0 Å². The van der Waals surface area contributed by atoms with Crippen molar-refractivity contribution in [3.05, 3.63) is 70.2 Å².